The van der Waals surface area contributed by atoms with Crippen LogP contribution in [0.4, 0.5) is 0 Å². The third-order valence-electron chi connectivity index (χ3n) is 1.000. The van der Waals surface area contributed by atoms with Crippen molar-refractivity contribution >= 4 is 0 Å². The highest BCUT2D eigenvalue weighted by atomic mass is 15.0. The van der Waals surface area contributed by atoms with Gasteiger partial charge >= 0.3 is 0 Å². The van der Waals surface area contributed by atoms with Crippen LogP contribution in [0.1, 0.15) is 25.7 Å². The molecule has 0 N–H and O–H groups in total. The molecule has 0 spiro atoms. The molecule has 1 aliphatic rings. The van der Waals surface area contributed by atoms with E-state index in [0.29, 0.717) is 0 Å². The van der Waals surface area contributed by atoms with Gasteiger partial charge in [0, 0.05) is 0 Å². The van der Waals surface area contributed by atoms with Crippen LogP contribution >= 0.6 is 0 Å². The molecule has 0 bridgehead atoms. The number of hydrogen-bond donors (Lipinski definition) is 0. The highest BCUT2D eigenvalue weighted by molar-refractivity contribution is 4.50. The molecule has 1 rings (SSSR count). The molecule has 2 heteroatoms. The first-order valence-electron chi connectivity index (χ1n) is 4.68. The summed E-state index contributed by atoms with van der Waals surface area (Å²) in [6.07, 6.45) is 6.00. The Morgan fingerprint density at radius 3 is 0.583 bits per heavy atom. The van der Waals surface area contributed by atoms with Crippen molar-refractivity contribution in [2.24, 2.45) is 0 Å². The molecule has 0 aromatic rings. The van der Waals surface area contributed by atoms with Gasteiger partial charge in [0.15, 0.2) is 0 Å². The second-order valence-corrected chi connectivity index (χ2v) is 4.10. The fourth-order valence-corrected chi connectivity index (χ4v) is 0.250. The molecule has 0 aliphatic heterocycles. The molecule has 2 nitrogen and oxygen atoms in total. The molecule has 0 saturated heterocycles. The quantitative estimate of drug-likeness (QED) is 0.553. The summed E-state index contributed by atoms with van der Waals surface area (Å²) in [5.74, 6) is 0. The van der Waals surface area contributed by atoms with Crippen LogP contribution in [0.5, 0.6) is 0 Å². The van der Waals surface area contributed by atoms with Crippen LogP contribution in [0, 0.1) is 0 Å². The molecule has 0 unspecified atom stereocenters. The van der Waals surface area contributed by atoms with E-state index in [4.69, 9.17) is 0 Å². The first kappa shape index (κ1) is 14.4. The minimum atomic E-state index is 1.50. The Bertz CT molecular complexity index is 50.7. The van der Waals surface area contributed by atoms with Gasteiger partial charge in [-0.15, -0.1) is 0 Å². The van der Waals surface area contributed by atoms with E-state index >= 15 is 0 Å². The van der Waals surface area contributed by atoms with Crippen LogP contribution in [-0.4, -0.2) is 52.1 Å². The lowest BCUT2D eigenvalue weighted by Gasteiger charge is -2.05. The van der Waals surface area contributed by atoms with E-state index in [1.165, 1.54) is 25.7 Å². The average molecular weight is 174 g/mol. The maximum Gasteiger partial charge on any atom is -0.0140 e. The standard InChI is InChI=1S/C4H8.2C3H9N/c1-2-4-3-1;2*1-4(2)3/h1-4H2;2*1-3H3. The molecule has 0 radical (unpaired) electrons. The monoisotopic (exact) mass is 174 g/mol. The van der Waals surface area contributed by atoms with Crippen molar-refractivity contribution in [3.05, 3.63) is 0 Å². The molecule has 12 heavy (non-hydrogen) atoms. The summed E-state index contributed by atoms with van der Waals surface area (Å²) in [5.41, 5.74) is 0. The van der Waals surface area contributed by atoms with E-state index in [1.807, 2.05) is 52.1 Å². The fraction of sp³-hybridized carbons (Fsp3) is 1.00. The molecule has 1 aliphatic carbocycles. The zero-order valence-corrected chi connectivity index (χ0v) is 9.72. The molecular formula is C10H26N2. The van der Waals surface area contributed by atoms with Crippen LogP contribution in [0.25, 0.3) is 0 Å². The van der Waals surface area contributed by atoms with Gasteiger partial charge in [-0.1, -0.05) is 25.7 Å². The van der Waals surface area contributed by atoms with Gasteiger partial charge in [0.2, 0.25) is 0 Å². The van der Waals surface area contributed by atoms with Crippen molar-refractivity contribution in [3.63, 3.8) is 0 Å². The SMILES string of the molecule is C1CCC1.CN(C)C.CN(C)C. The van der Waals surface area contributed by atoms with Crippen molar-refractivity contribution in [2.75, 3.05) is 42.3 Å². The molecule has 0 atom stereocenters. The molecular weight excluding hydrogens is 148 g/mol. The number of rotatable bonds is 0. The van der Waals surface area contributed by atoms with Gasteiger partial charge < -0.3 is 9.80 Å². The lowest BCUT2D eigenvalue weighted by Crippen LogP contribution is -1.99. The second kappa shape index (κ2) is 10.9. The summed E-state index contributed by atoms with van der Waals surface area (Å²) in [5, 5.41) is 0. The van der Waals surface area contributed by atoms with Crippen molar-refractivity contribution in [1.82, 2.24) is 9.80 Å². The molecule has 0 aromatic carbocycles. The van der Waals surface area contributed by atoms with Crippen LogP contribution < -0.4 is 0 Å². The Kier molecular flexibility index (Phi) is 13.1. The topological polar surface area (TPSA) is 6.48 Å². The molecule has 1 fully saturated rings. The zero-order chi connectivity index (χ0) is 9.98. The maximum absolute atomic E-state index is 2.00. The van der Waals surface area contributed by atoms with E-state index in [0.717, 1.165) is 0 Å². The molecule has 0 aromatic heterocycles. The van der Waals surface area contributed by atoms with Gasteiger partial charge in [-0.25, -0.2) is 0 Å². The van der Waals surface area contributed by atoms with Crippen molar-refractivity contribution in [3.8, 4) is 0 Å². The second-order valence-electron chi connectivity index (χ2n) is 4.10. The summed E-state index contributed by atoms with van der Waals surface area (Å²) in [6.45, 7) is 0. The van der Waals surface area contributed by atoms with Crippen molar-refractivity contribution < 1.29 is 0 Å². The van der Waals surface area contributed by atoms with E-state index in [1.54, 1.807) is 0 Å². The molecule has 1 saturated carbocycles. The van der Waals surface area contributed by atoms with Gasteiger partial charge in [-0.2, -0.15) is 0 Å². The van der Waals surface area contributed by atoms with E-state index < -0.39 is 0 Å². The summed E-state index contributed by atoms with van der Waals surface area (Å²) in [6, 6.07) is 0. The lowest BCUT2D eigenvalue weighted by molar-refractivity contribution is 0.504. The van der Waals surface area contributed by atoms with E-state index in [9.17, 15) is 0 Å². The Labute approximate surface area is 78.5 Å². The van der Waals surface area contributed by atoms with Gasteiger partial charge in [-0.05, 0) is 42.3 Å². The Morgan fingerprint density at radius 1 is 0.500 bits per heavy atom. The first-order valence-corrected chi connectivity index (χ1v) is 4.68. The predicted octanol–water partition coefficient (Wildman–Crippen LogP) is 1.92. The Hall–Kier alpha value is -0.0800. The summed E-state index contributed by atoms with van der Waals surface area (Å²) >= 11 is 0. The highest BCUT2D eigenvalue weighted by Gasteiger charge is 1.95. The summed E-state index contributed by atoms with van der Waals surface area (Å²) in [4.78, 5) is 4.00. The fourth-order valence-electron chi connectivity index (χ4n) is 0.250. The lowest BCUT2D eigenvalue weighted by atomic mass is 10.0. The van der Waals surface area contributed by atoms with Gasteiger partial charge in [0.1, 0.15) is 0 Å². The minimum absolute atomic E-state index is 1.50. The first-order chi connectivity index (χ1) is 5.46. The summed E-state index contributed by atoms with van der Waals surface area (Å²) in [7, 11) is 12.0. The molecule has 0 amide bonds. The normalized spacial score (nSPS) is 14.0. The maximum atomic E-state index is 2.00. The third-order valence-corrected chi connectivity index (χ3v) is 1.000. The Morgan fingerprint density at radius 2 is 0.583 bits per heavy atom. The van der Waals surface area contributed by atoms with Gasteiger partial charge in [-0.3, -0.25) is 0 Å². The zero-order valence-electron chi connectivity index (χ0n) is 9.72. The summed E-state index contributed by atoms with van der Waals surface area (Å²) < 4.78 is 0. The Balaban J connectivity index is 0. The largest absolute Gasteiger partial charge is 0.312 e. The molecule has 0 heterocycles. The third kappa shape index (κ3) is 51.4. The minimum Gasteiger partial charge on any atom is -0.312 e. The van der Waals surface area contributed by atoms with E-state index in [2.05, 4.69) is 0 Å². The van der Waals surface area contributed by atoms with Crippen LogP contribution in [0.15, 0.2) is 0 Å². The van der Waals surface area contributed by atoms with Crippen molar-refractivity contribution in [2.45, 2.75) is 25.7 Å². The van der Waals surface area contributed by atoms with Crippen LogP contribution in [0.2, 0.25) is 0 Å². The molecule has 76 valence electrons. The van der Waals surface area contributed by atoms with Gasteiger partial charge in [0.05, 0.1) is 0 Å². The smallest absolute Gasteiger partial charge is 0.0140 e. The van der Waals surface area contributed by atoms with Crippen LogP contribution in [-0.2, 0) is 0 Å². The van der Waals surface area contributed by atoms with Gasteiger partial charge in [0.25, 0.3) is 0 Å². The number of nitrogens with zero attached hydrogens (tertiary/aromatic N) is 2. The van der Waals surface area contributed by atoms with E-state index in [-0.39, 0.29) is 0 Å². The van der Waals surface area contributed by atoms with Crippen LogP contribution in [0.3, 0.4) is 0 Å². The average Bonchev–Trinajstić information content (AvgIpc) is 1.50. The predicted molar refractivity (Wildman–Crippen MR) is 57.7 cm³/mol. The van der Waals surface area contributed by atoms with Crippen molar-refractivity contribution in [1.29, 1.82) is 0 Å². The number of hydrogen-bond acceptors (Lipinski definition) is 2. The highest BCUT2D eigenvalue weighted by Crippen LogP contribution is 2.15.